The number of sulfone groups is 1. The Bertz CT molecular complexity index is 1720. The normalized spacial score (nSPS) is 12.0. The van der Waals surface area contributed by atoms with Crippen molar-refractivity contribution in [2.75, 3.05) is 11.6 Å². The first-order valence-electron chi connectivity index (χ1n) is 12.3. The molecular weight excluding hydrogens is 581 g/mol. The van der Waals surface area contributed by atoms with E-state index >= 15 is 0 Å². The Hall–Kier alpha value is -4.13. The molecule has 0 saturated carbocycles. The lowest BCUT2D eigenvalue weighted by molar-refractivity contribution is -0.139. The summed E-state index contributed by atoms with van der Waals surface area (Å²) in [6.45, 7) is 1.83. The van der Waals surface area contributed by atoms with Crippen LogP contribution in [0, 0.1) is 12.3 Å². The third-order valence-corrected chi connectivity index (χ3v) is 10.6. The fourth-order valence-corrected chi connectivity index (χ4v) is 8.19. The van der Waals surface area contributed by atoms with Gasteiger partial charge in [0, 0.05) is 12.0 Å². The van der Waals surface area contributed by atoms with E-state index in [1.165, 1.54) is 30.0 Å². The molecule has 0 aliphatic heterocycles. The molecule has 0 unspecified atom stereocenters. The highest BCUT2D eigenvalue weighted by atomic mass is 32.2. The molecule has 0 radical (unpaired) electrons. The third-order valence-electron chi connectivity index (χ3n) is 6.25. The second-order valence-electron chi connectivity index (χ2n) is 9.09. The number of carboxylic acids is 1. The summed E-state index contributed by atoms with van der Waals surface area (Å²) in [6, 6.07) is 20.2. The minimum Gasteiger partial charge on any atom is -0.480 e. The van der Waals surface area contributed by atoms with Gasteiger partial charge in [-0.15, -0.1) is 23.1 Å². The molecule has 0 saturated heterocycles. The van der Waals surface area contributed by atoms with E-state index in [4.69, 9.17) is 11.1 Å². The Balaban J connectivity index is 1.65. The summed E-state index contributed by atoms with van der Waals surface area (Å²) in [5.74, 6) is -1.37. The maximum absolute atomic E-state index is 13.7. The van der Waals surface area contributed by atoms with Crippen LogP contribution in [0.2, 0.25) is 0 Å². The number of nitrogen functional groups attached to an aromatic ring is 1. The van der Waals surface area contributed by atoms with Gasteiger partial charge >= 0.3 is 12.0 Å². The van der Waals surface area contributed by atoms with E-state index in [2.05, 4.69) is 10.6 Å². The second kappa shape index (κ2) is 12.6. The van der Waals surface area contributed by atoms with Gasteiger partial charge in [0.25, 0.3) is 0 Å². The molecular formula is C29H28N4O5S3. The van der Waals surface area contributed by atoms with Crippen LogP contribution >= 0.6 is 23.1 Å². The number of hydrogen-bond acceptors (Lipinski definition) is 7. The van der Waals surface area contributed by atoms with E-state index in [0.717, 1.165) is 22.5 Å². The van der Waals surface area contributed by atoms with Gasteiger partial charge in [-0.05, 0) is 54.1 Å². The monoisotopic (exact) mass is 608 g/mol. The van der Waals surface area contributed by atoms with Crippen molar-refractivity contribution in [2.45, 2.75) is 33.4 Å². The number of carbonyl (C=O) groups excluding carboxylic acids is 1. The third kappa shape index (κ3) is 6.79. The number of nitrogens with one attached hydrogen (secondary N) is 3. The van der Waals surface area contributed by atoms with Crippen molar-refractivity contribution >= 4 is 56.5 Å². The standard InChI is InChI=1S/C29H28N4O5S3/c1-17-8-6-13-21(32-29(36)33-22(27(34)35)14-18-9-4-3-5-10-18)25(17)19-11-7-12-20(15-19)41(37,38)24-16-23(26(30)31)40-28(24)39-2/h3-13,15-16,22H,14H2,1-2H3,(H3,30,31)(H,34,35)(H2,32,33,36)/t22-/m1/s1. The smallest absolute Gasteiger partial charge is 0.326 e. The Labute approximate surface area is 246 Å². The predicted octanol–water partition coefficient (Wildman–Crippen LogP) is 5.38. The summed E-state index contributed by atoms with van der Waals surface area (Å²) < 4.78 is 27.9. The van der Waals surface area contributed by atoms with Crippen molar-refractivity contribution in [3.63, 3.8) is 0 Å². The molecule has 1 atom stereocenters. The van der Waals surface area contributed by atoms with Crippen LogP contribution in [0.1, 0.15) is 16.0 Å². The molecule has 3 aromatic carbocycles. The first kappa shape index (κ1) is 29.8. The van der Waals surface area contributed by atoms with Crippen LogP contribution in [0.5, 0.6) is 0 Å². The molecule has 0 fully saturated rings. The molecule has 1 aromatic heterocycles. The van der Waals surface area contributed by atoms with Gasteiger partial charge in [0.05, 0.1) is 24.6 Å². The zero-order valence-corrected chi connectivity index (χ0v) is 24.6. The number of rotatable bonds is 10. The van der Waals surface area contributed by atoms with Gasteiger partial charge in [0.1, 0.15) is 11.9 Å². The van der Waals surface area contributed by atoms with Gasteiger partial charge in [-0.3, -0.25) is 5.41 Å². The lowest BCUT2D eigenvalue weighted by Crippen LogP contribution is -2.44. The average molecular weight is 609 g/mol. The predicted molar refractivity (Wildman–Crippen MR) is 163 cm³/mol. The molecule has 12 heteroatoms. The zero-order chi connectivity index (χ0) is 29.7. The first-order chi connectivity index (χ1) is 19.5. The molecule has 41 heavy (non-hydrogen) atoms. The molecule has 6 N–H and O–H groups in total. The fourth-order valence-electron chi connectivity index (χ4n) is 4.29. The maximum atomic E-state index is 13.7. The number of amidine groups is 1. The number of urea groups is 1. The number of amides is 2. The van der Waals surface area contributed by atoms with Gasteiger partial charge in [-0.1, -0.05) is 54.6 Å². The highest BCUT2D eigenvalue weighted by molar-refractivity contribution is 8.01. The largest absolute Gasteiger partial charge is 0.480 e. The van der Waals surface area contributed by atoms with Gasteiger partial charge < -0.3 is 21.5 Å². The number of aryl methyl sites for hydroxylation is 1. The molecule has 212 valence electrons. The van der Waals surface area contributed by atoms with Crippen molar-refractivity contribution in [2.24, 2.45) is 5.73 Å². The SMILES string of the molecule is CSc1sc(C(=N)N)cc1S(=O)(=O)c1cccc(-c2c(C)cccc2NC(=O)N[C@H](Cc2ccccc2)C(=O)O)c1. The lowest BCUT2D eigenvalue weighted by atomic mass is 9.98. The van der Waals surface area contributed by atoms with Crippen LogP contribution in [-0.4, -0.2) is 43.7 Å². The number of hydrogen-bond donors (Lipinski definition) is 5. The minimum absolute atomic E-state index is 0.0469. The summed E-state index contributed by atoms with van der Waals surface area (Å²) in [7, 11) is -3.96. The summed E-state index contributed by atoms with van der Waals surface area (Å²) in [5, 5.41) is 22.7. The van der Waals surface area contributed by atoms with Gasteiger partial charge in [0.15, 0.2) is 0 Å². The molecule has 4 aromatic rings. The van der Waals surface area contributed by atoms with Crippen molar-refractivity contribution in [3.8, 4) is 11.1 Å². The molecule has 9 nitrogen and oxygen atoms in total. The molecule has 1 heterocycles. The number of nitrogens with two attached hydrogens (primary N) is 1. The number of thioether (sulfide) groups is 1. The van der Waals surface area contributed by atoms with Crippen molar-refractivity contribution in [1.29, 1.82) is 5.41 Å². The quantitative estimate of drug-likeness (QED) is 0.0917. The summed E-state index contributed by atoms with van der Waals surface area (Å²) in [4.78, 5) is 25.3. The molecule has 4 rings (SSSR count). The topological polar surface area (TPSA) is 162 Å². The first-order valence-corrected chi connectivity index (χ1v) is 15.8. The zero-order valence-electron chi connectivity index (χ0n) is 22.2. The Morgan fingerprint density at radius 2 is 1.76 bits per heavy atom. The highest BCUT2D eigenvalue weighted by Gasteiger charge is 2.26. The van der Waals surface area contributed by atoms with Crippen LogP contribution in [0.15, 0.2) is 92.9 Å². The second-order valence-corrected chi connectivity index (χ2v) is 13.1. The van der Waals surface area contributed by atoms with Crippen LogP contribution in [0.3, 0.4) is 0 Å². The number of aliphatic carboxylic acids is 1. The van der Waals surface area contributed by atoms with Gasteiger partial charge in [0.2, 0.25) is 9.84 Å². The Morgan fingerprint density at radius 1 is 1.05 bits per heavy atom. The molecule has 2 amide bonds. The Morgan fingerprint density at radius 3 is 2.41 bits per heavy atom. The van der Waals surface area contributed by atoms with E-state index in [9.17, 15) is 23.1 Å². The van der Waals surface area contributed by atoms with Crippen LogP contribution in [0.25, 0.3) is 11.1 Å². The number of carboxylic acid groups (broad SMARTS) is 1. The van der Waals surface area contributed by atoms with Crippen LogP contribution < -0.4 is 16.4 Å². The van der Waals surface area contributed by atoms with Gasteiger partial charge in [-0.2, -0.15) is 0 Å². The van der Waals surface area contributed by atoms with Crippen LogP contribution in [-0.2, 0) is 21.1 Å². The van der Waals surface area contributed by atoms with Crippen molar-refractivity contribution < 1.29 is 23.1 Å². The van der Waals surface area contributed by atoms with Crippen molar-refractivity contribution in [1.82, 2.24) is 5.32 Å². The number of benzene rings is 3. The summed E-state index contributed by atoms with van der Waals surface area (Å²) in [6.07, 6.45) is 1.87. The van der Waals surface area contributed by atoms with E-state index in [-0.39, 0.29) is 22.0 Å². The van der Waals surface area contributed by atoms with E-state index < -0.39 is 27.9 Å². The van der Waals surface area contributed by atoms with Crippen LogP contribution in [0.4, 0.5) is 10.5 Å². The highest BCUT2D eigenvalue weighted by Crippen LogP contribution is 2.38. The summed E-state index contributed by atoms with van der Waals surface area (Å²) in [5.41, 5.74) is 8.67. The molecule has 0 aliphatic rings. The average Bonchev–Trinajstić information content (AvgIpc) is 3.39. The van der Waals surface area contributed by atoms with Crippen molar-refractivity contribution in [3.05, 3.63) is 94.9 Å². The minimum atomic E-state index is -3.96. The molecule has 0 bridgehead atoms. The fraction of sp³-hybridized carbons (Fsp3) is 0.138. The summed E-state index contributed by atoms with van der Waals surface area (Å²) >= 11 is 2.41. The molecule has 0 aliphatic carbocycles. The van der Waals surface area contributed by atoms with E-state index in [1.54, 1.807) is 54.8 Å². The van der Waals surface area contributed by atoms with Gasteiger partial charge in [-0.25, -0.2) is 18.0 Å². The maximum Gasteiger partial charge on any atom is 0.326 e. The van der Waals surface area contributed by atoms with E-state index in [1.807, 2.05) is 19.1 Å². The van der Waals surface area contributed by atoms with E-state index in [0.29, 0.717) is 25.9 Å². The lowest BCUT2D eigenvalue weighted by Gasteiger charge is -2.18. The molecule has 0 spiro atoms. The number of carbonyl (C=O) groups is 2. The number of thiophene rings is 1. The number of anilines is 1. The Kier molecular flexibility index (Phi) is 9.16.